The van der Waals surface area contributed by atoms with Crippen LogP contribution in [0, 0.1) is 0 Å². The molecule has 1 unspecified atom stereocenters. The molecule has 0 aliphatic carbocycles. The summed E-state index contributed by atoms with van der Waals surface area (Å²) in [6.07, 6.45) is 3.52. The molecule has 92 valence electrons. The van der Waals surface area contributed by atoms with Crippen molar-refractivity contribution in [3.8, 4) is 0 Å². The Kier molecular flexibility index (Phi) is 3.12. The van der Waals surface area contributed by atoms with Gasteiger partial charge in [0.2, 0.25) is 11.8 Å². The van der Waals surface area contributed by atoms with Gasteiger partial charge in [-0.25, -0.2) is 0 Å². The van der Waals surface area contributed by atoms with E-state index in [1.54, 1.807) is 28.9 Å². The molecule has 17 heavy (non-hydrogen) atoms. The monoisotopic (exact) mass is 236 g/mol. The maximum absolute atomic E-state index is 12.0. The van der Waals surface area contributed by atoms with Gasteiger partial charge in [-0.3, -0.25) is 14.3 Å². The third kappa shape index (κ3) is 2.46. The lowest BCUT2D eigenvalue weighted by Gasteiger charge is -2.21. The Balaban J connectivity index is 2.02. The highest BCUT2D eigenvalue weighted by Crippen LogP contribution is 2.17. The number of hydrogen-bond donors (Lipinski definition) is 1. The minimum absolute atomic E-state index is 0.0787. The number of nitrogens with two attached hydrogens (primary N) is 1. The summed E-state index contributed by atoms with van der Waals surface area (Å²) in [4.78, 5) is 24.8. The van der Waals surface area contributed by atoms with Gasteiger partial charge < -0.3 is 10.6 Å². The number of amides is 2. The van der Waals surface area contributed by atoms with E-state index in [9.17, 15) is 9.59 Å². The molecule has 0 saturated carbocycles. The van der Waals surface area contributed by atoms with Crippen LogP contribution in [-0.2, 0) is 23.1 Å². The highest BCUT2D eigenvalue weighted by atomic mass is 16.2. The van der Waals surface area contributed by atoms with Gasteiger partial charge in [0.15, 0.2) is 0 Å². The minimum atomic E-state index is -0.439. The predicted molar refractivity (Wildman–Crippen MR) is 60.8 cm³/mol. The molecule has 6 nitrogen and oxygen atoms in total. The molecule has 1 aliphatic heterocycles. The number of rotatable bonds is 3. The molecule has 0 spiro atoms. The summed E-state index contributed by atoms with van der Waals surface area (Å²) in [5.74, 6) is -0.498. The van der Waals surface area contributed by atoms with Crippen LogP contribution < -0.4 is 5.73 Å². The molecular weight excluding hydrogens is 220 g/mol. The zero-order chi connectivity index (χ0) is 12.4. The average molecular weight is 236 g/mol. The summed E-state index contributed by atoms with van der Waals surface area (Å²) in [5.41, 5.74) is 5.99. The molecule has 1 atom stereocenters. The standard InChI is InChI=1S/C11H16N4O2/c1-14-6-4-8(13-14)7-10(16)15-5-2-3-9(15)11(12)17/h4,6,9H,2-3,5,7H2,1H3,(H2,12,17). The highest BCUT2D eigenvalue weighted by Gasteiger charge is 2.32. The Bertz CT molecular complexity index is 440. The second-order valence-electron chi connectivity index (χ2n) is 4.31. The second-order valence-corrected chi connectivity index (χ2v) is 4.31. The van der Waals surface area contributed by atoms with Crippen LogP contribution in [0.2, 0.25) is 0 Å². The van der Waals surface area contributed by atoms with E-state index < -0.39 is 11.9 Å². The molecule has 1 fully saturated rings. The van der Waals surface area contributed by atoms with Crippen LogP contribution in [0.1, 0.15) is 18.5 Å². The van der Waals surface area contributed by atoms with Gasteiger partial charge in [0.05, 0.1) is 12.1 Å². The van der Waals surface area contributed by atoms with Gasteiger partial charge in [-0.15, -0.1) is 0 Å². The molecule has 1 aliphatic rings. The van der Waals surface area contributed by atoms with Gasteiger partial charge in [-0.2, -0.15) is 5.10 Å². The number of carbonyl (C=O) groups is 2. The van der Waals surface area contributed by atoms with E-state index in [1.807, 2.05) is 0 Å². The fourth-order valence-corrected chi connectivity index (χ4v) is 2.17. The van der Waals surface area contributed by atoms with Gasteiger partial charge in [0, 0.05) is 19.8 Å². The molecular formula is C11H16N4O2. The SMILES string of the molecule is Cn1ccc(CC(=O)N2CCCC2C(N)=O)n1. The summed E-state index contributed by atoms with van der Waals surface area (Å²) in [6.45, 7) is 0.610. The summed E-state index contributed by atoms with van der Waals surface area (Å²) in [7, 11) is 1.80. The van der Waals surface area contributed by atoms with E-state index in [0.29, 0.717) is 18.7 Å². The zero-order valence-electron chi connectivity index (χ0n) is 9.80. The number of aromatic nitrogens is 2. The third-order valence-corrected chi connectivity index (χ3v) is 3.00. The number of nitrogens with zero attached hydrogens (tertiary/aromatic N) is 3. The van der Waals surface area contributed by atoms with E-state index >= 15 is 0 Å². The molecule has 0 aromatic carbocycles. The van der Waals surface area contributed by atoms with Crippen LogP contribution in [0.3, 0.4) is 0 Å². The summed E-state index contributed by atoms with van der Waals surface area (Å²) in [5, 5.41) is 4.14. The first kappa shape index (κ1) is 11.6. The lowest BCUT2D eigenvalue weighted by Crippen LogP contribution is -2.44. The Labute approximate surface area is 99.4 Å². The quantitative estimate of drug-likeness (QED) is 0.763. The van der Waals surface area contributed by atoms with Gasteiger partial charge >= 0.3 is 0 Å². The molecule has 6 heteroatoms. The van der Waals surface area contributed by atoms with Crippen LogP contribution in [0.5, 0.6) is 0 Å². The molecule has 2 amide bonds. The first-order chi connectivity index (χ1) is 8.08. The average Bonchev–Trinajstić information content (AvgIpc) is 2.86. The van der Waals surface area contributed by atoms with Crippen LogP contribution >= 0.6 is 0 Å². The molecule has 1 aromatic rings. The summed E-state index contributed by atoms with van der Waals surface area (Å²) < 4.78 is 1.65. The number of likely N-dealkylation sites (tertiary alicyclic amines) is 1. The largest absolute Gasteiger partial charge is 0.368 e. The van der Waals surface area contributed by atoms with Crippen LogP contribution in [-0.4, -0.2) is 39.1 Å². The fraction of sp³-hybridized carbons (Fsp3) is 0.545. The lowest BCUT2D eigenvalue weighted by molar-refractivity contribution is -0.136. The number of carbonyl (C=O) groups excluding carboxylic acids is 2. The first-order valence-electron chi connectivity index (χ1n) is 5.65. The Morgan fingerprint density at radius 1 is 1.59 bits per heavy atom. The maximum atomic E-state index is 12.0. The molecule has 0 radical (unpaired) electrons. The molecule has 1 aromatic heterocycles. The van der Waals surface area contributed by atoms with Crippen molar-refractivity contribution in [1.29, 1.82) is 0 Å². The molecule has 2 N–H and O–H groups in total. The zero-order valence-corrected chi connectivity index (χ0v) is 9.80. The molecule has 1 saturated heterocycles. The van der Waals surface area contributed by atoms with Crippen molar-refractivity contribution < 1.29 is 9.59 Å². The summed E-state index contributed by atoms with van der Waals surface area (Å²) in [6, 6.07) is 1.36. The molecule has 2 heterocycles. The van der Waals surface area contributed by atoms with Crippen molar-refractivity contribution in [3.63, 3.8) is 0 Å². The molecule has 0 bridgehead atoms. The first-order valence-corrected chi connectivity index (χ1v) is 5.65. The highest BCUT2D eigenvalue weighted by molar-refractivity contribution is 5.87. The van der Waals surface area contributed by atoms with E-state index in [2.05, 4.69) is 5.10 Å². The third-order valence-electron chi connectivity index (χ3n) is 3.00. The van der Waals surface area contributed by atoms with Gasteiger partial charge in [0.25, 0.3) is 0 Å². The number of hydrogen-bond acceptors (Lipinski definition) is 3. The van der Waals surface area contributed by atoms with E-state index in [1.165, 1.54) is 0 Å². The Morgan fingerprint density at radius 3 is 2.94 bits per heavy atom. The Hall–Kier alpha value is -1.85. The normalized spacial score (nSPS) is 19.6. The van der Waals surface area contributed by atoms with Crippen LogP contribution in [0.25, 0.3) is 0 Å². The van der Waals surface area contributed by atoms with Crippen molar-refractivity contribution in [1.82, 2.24) is 14.7 Å². The van der Waals surface area contributed by atoms with Crippen molar-refractivity contribution >= 4 is 11.8 Å². The van der Waals surface area contributed by atoms with E-state index in [0.717, 1.165) is 6.42 Å². The van der Waals surface area contributed by atoms with Gasteiger partial charge in [-0.05, 0) is 18.9 Å². The topological polar surface area (TPSA) is 81.2 Å². The van der Waals surface area contributed by atoms with E-state index in [-0.39, 0.29) is 12.3 Å². The minimum Gasteiger partial charge on any atom is -0.368 e. The van der Waals surface area contributed by atoms with Crippen LogP contribution in [0.15, 0.2) is 12.3 Å². The number of aryl methyl sites for hydroxylation is 1. The lowest BCUT2D eigenvalue weighted by atomic mass is 10.2. The van der Waals surface area contributed by atoms with E-state index in [4.69, 9.17) is 5.73 Å². The van der Waals surface area contributed by atoms with Gasteiger partial charge in [0.1, 0.15) is 6.04 Å². The fourth-order valence-electron chi connectivity index (χ4n) is 2.17. The van der Waals surface area contributed by atoms with Crippen molar-refractivity contribution in [2.24, 2.45) is 12.8 Å². The summed E-state index contributed by atoms with van der Waals surface area (Å²) >= 11 is 0. The van der Waals surface area contributed by atoms with Crippen molar-refractivity contribution in [2.45, 2.75) is 25.3 Å². The smallest absolute Gasteiger partial charge is 0.240 e. The number of primary amides is 1. The van der Waals surface area contributed by atoms with Gasteiger partial charge in [-0.1, -0.05) is 0 Å². The van der Waals surface area contributed by atoms with Crippen LogP contribution in [0.4, 0.5) is 0 Å². The maximum Gasteiger partial charge on any atom is 0.240 e. The van der Waals surface area contributed by atoms with Crippen molar-refractivity contribution in [3.05, 3.63) is 18.0 Å². The molecule has 2 rings (SSSR count). The Morgan fingerprint density at radius 2 is 2.35 bits per heavy atom. The second kappa shape index (κ2) is 4.57. The van der Waals surface area contributed by atoms with Crippen molar-refractivity contribution in [2.75, 3.05) is 6.54 Å². The predicted octanol–water partition coefficient (Wildman–Crippen LogP) is -0.561.